The number of nitrogens with one attached hydrogen (secondary N) is 1. The van der Waals surface area contributed by atoms with Crippen molar-refractivity contribution in [1.29, 1.82) is 0 Å². The number of anilines is 3. The van der Waals surface area contributed by atoms with Gasteiger partial charge in [0.05, 0.1) is 12.4 Å². The van der Waals surface area contributed by atoms with Crippen LogP contribution < -0.4 is 11.1 Å². The average Bonchev–Trinajstić information content (AvgIpc) is 2.42. The molecule has 0 bridgehead atoms. The summed E-state index contributed by atoms with van der Waals surface area (Å²) in [6.45, 7) is 0. The average molecular weight is 237 g/mol. The summed E-state index contributed by atoms with van der Waals surface area (Å²) in [5, 5.41) is 5.38. The van der Waals surface area contributed by atoms with Gasteiger partial charge in [-0.15, -0.1) is 0 Å². The molecule has 3 aromatic rings. The van der Waals surface area contributed by atoms with Crippen LogP contribution >= 0.6 is 0 Å². The number of nitrogens with zero attached hydrogens (tertiary/aromatic N) is 3. The summed E-state index contributed by atoms with van der Waals surface area (Å²) in [6, 6.07) is 7.93. The Morgan fingerprint density at radius 2 is 1.94 bits per heavy atom. The molecule has 1 aromatic carbocycles. The van der Waals surface area contributed by atoms with Gasteiger partial charge in [0.2, 0.25) is 0 Å². The summed E-state index contributed by atoms with van der Waals surface area (Å²) in [4.78, 5) is 12.3. The molecule has 0 aliphatic heterocycles. The largest absolute Gasteiger partial charge is 0.382 e. The number of pyridine rings is 1. The number of nitrogen functional groups attached to an aromatic ring is 1. The molecule has 0 amide bonds. The molecule has 3 rings (SSSR count). The Labute approximate surface area is 104 Å². The number of rotatable bonds is 2. The van der Waals surface area contributed by atoms with Crippen LogP contribution in [0.15, 0.2) is 49.1 Å². The molecule has 88 valence electrons. The molecule has 0 saturated heterocycles. The van der Waals surface area contributed by atoms with E-state index in [1.165, 1.54) is 6.20 Å². The van der Waals surface area contributed by atoms with Crippen molar-refractivity contribution >= 4 is 28.1 Å². The SMILES string of the molecule is Nc1cnc(Nc2cccc3cnccc23)cn1. The van der Waals surface area contributed by atoms with Gasteiger partial charge in [-0.1, -0.05) is 12.1 Å². The van der Waals surface area contributed by atoms with Crippen molar-refractivity contribution in [3.05, 3.63) is 49.1 Å². The van der Waals surface area contributed by atoms with Crippen LogP contribution in [0.2, 0.25) is 0 Å². The second-order valence-electron chi connectivity index (χ2n) is 3.85. The fraction of sp³-hybridized carbons (Fsp3) is 0. The summed E-state index contributed by atoms with van der Waals surface area (Å²) >= 11 is 0. The van der Waals surface area contributed by atoms with E-state index in [2.05, 4.69) is 20.3 Å². The van der Waals surface area contributed by atoms with E-state index in [-0.39, 0.29) is 0 Å². The Morgan fingerprint density at radius 3 is 2.78 bits per heavy atom. The van der Waals surface area contributed by atoms with Gasteiger partial charge in [-0.3, -0.25) is 4.98 Å². The van der Waals surface area contributed by atoms with Crippen molar-refractivity contribution in [2.45, 2.75) is 0 Å². The summed E-state index contributed by atoms with van der Waals surface area (Å²) in [6.07, 6.45) is 6.72. The fourth-order valence-electron chi connectivity index (χ4n) is 1.77. The molecule has 3 N–H and O–H groups in total. The van der Waals surface area contributed by atoms with Crippen molar-refractivity contribution in [3.63, 3.8) is 0 Å². The molecule has 0 spiro atoms. The van der Waals surface area contributed by atoms with Crippen molar-refractivity contribution in [3.8, 4) is 0 Å². The van der Waals surface area contributed by atoms with E-state index in [1.807, 2.05) is 30.5 Å². The summed E-state index contributed by atoms with van der Waals surface area (Å²) in [5.41, 5.74) is 6.47. The topological polar surface area (TPSA) is 76.7 Å². The first-order chi connectivity index (χ1) is 8.83. The van der Waals surface area contributed by atoms with Gasteiger partial charge in [-0.25, -0.2) is 9.97 Å². The van der Waals surface area contributed by atoms with Crippen LogP contribution in [-0.2, 0) is 0 Å². The lowest BCUT2D eigenvalue weighted by Crippen LogP contribution is -1.97. The van der Waals surface area contributed by atoms with Crippen molar-refractivity contribution in [2.75, 3.05) is 11.1 Å². The van der Waals surface area contributed by atoms with Crippen LogP contribution in [0.3, 0.4) is 0 Å². The number of aromatic nitrogens is 3. The van der Waals surface area contributed by atoms with Gasteiger partial charge in [0.15, 0.2) is 0 Å². The lowest BCUT2D eigenvalue weighted by atomic mass is 10.1. The Balaban J connectivity index is 2.02. The number of fused-ring (bicyclic) bond motifs is 1. The third kappa shape index (κ3) is 1.93. The molecule has 18 heavy (non-hydrogen) atoms. The maximum absolute atomic E-state index is 5.50. The van der Waals surface area contributed by atoms with Gasteiger partial charge in [0, 0.05) is 28.9 Å². The van der Waals surface area contributed by atoms with Crippen LogP contribution in [0.4, 0.5) is 17.3 Å². The van der Waals surface area contributed by atoms with Crippen molar-refractivity contribution in [2.24, 2.45) is 0 Å². The molecule has 0 unspecified atom stereocenters. The maximum atomic E-state index is 5.50. The van der Waals surface area contributed by atoms with E-state index in [1.54, 1.807) is 12.4 Å². The van der Waals surface area contributed by atoms with Crippen LogP contribution in [0.5, 0.6) is 0 Å². The lowest BCUT2D eigenvalue weighted by molar-refractivity contribution is 1.21. The second kappa shape index (κ2) is 4.29. The second-order valence-corrected chi connectivity index (χ2v) is 3.85. The molecule has 2 heterocycles. The van der Waals surface area contributed by atoms with Gasteiger partial charge >= 0.3 is 0 Å². The molecule has 2 aromatic heterocycles. The molecular formula is C13H11N5. The molecule has 0 aliphatic rings. The predicted molar refractivity (Wildman–Crippen MR) is 71.5 cm³/mol. The molecule has 0 saturated carbocycles. The van der Waals surface area contributed by atoms with Gasteiger partial charge in [0.25, 0.3) is 0 Å². The molecule has 5 heteroatoms. The van der Waals surface area contributed by atoms with E-state index >= 15 is 0 Å². The quantitative estimate of drug-likeness (QED) is 0.715. The Kier molecular flexibility index (Phi) is 2.49. The molecular weight excluding hydrogens is 226 g/mol. The zero-order chi connectivity index (χ0) is 12.4. The zero-order valence-corrected chi connectivity index (χ0v) is 9.54. The molecule has 5 nitrogen and oxygen atoms in total. The van der Waals surface area contributed by atoms with E-state index in [4.69, 9.17) is 5.73 Å². The van der Waals surface area contributed by atoms with Crippen LogP contribution in [-0.4, -0.2) is 15.0 Å². The van der Waals surface area contributed by atoms with Crippen LogP contribution in [0.1, 0.15) is 0 Å². The summed E-state index contributed by atoms with van der Waals surface area (Å²) in [5.74, 6) is 1.07. The maximum Gasteiger partial charge on any atom is 0.149 e. The fourth-order valence-corrected chi connectivity index (χ4v) is 1.77. The number of hydrogen-bond donors (Lipinski definition) is 2. The lowest BCUT2D eigenvalue weighted by Gasteiger charge is -2.08. The summed E-state index contributed by atoms with van der Waals surface area (Å²) in [7, 11) is 0. The van der Waals surface area contributed by atoms with E-state index in [9.17, 15) is 0 Å². The van der Waals surface area contributed by atoms with Crippen molar-refractivity contribution < 1.29 is 0 Å². The Hall–Kier alpha value is -2.69. The van der Waals surface area contributed by atoms with Crippen LogP contribution in [0, 0.1) is 0 Å². The third-order valence-electron chi connectivity index (χ3n) is 2.62. The summed E-state index contributed by atoms with van der Waals surface area (Å²) < 4.78 is 0. The predicted octanol–water partition coefficient (Wildman–Crippen LogP) is 2.35. The number of benzene rings is 1. The minimum absolute atomic E-state index is 0.405. The Morgan fingerprint density at radius 1 is 1.00 bits per heavy atom. The van der Waals surface area contributed by atoms with Gasteiger partial charge in [-0.05, 0) is 12.1 Å². The molecule has 0 aliphatic carbocycles. The Bertz CT molecular complexity index is 673. The van der Waals surface area contributed by atoms with E-state index in [0.29, 0.717) is 11.6 Å². The number of hydrogen-bond acceptors (Lipinski definition) is 5. The molecule has 0 fully saturated rings. The minimum Gasteiger partial charge on any atom is -0.382 e. The normalized spacial score (nSPS) is 10.4. The highest BCUT2D eigenvalue weighted by Crippen LogP contribution is 2.24. The highest BCUT2D eigenvalue weighted by atomic mass is 15.0. The third-order valence-corrected chi connectivity index (χ3v) is 2.62. The standard InChI is InChI=1S/C13H11N5/c14-12-7-17-13(8-16-12)18-11-3-1-2-9-6-15-5-4-10(9)11/h1-8H,(H2,14,16)(H,17,18). The first kappa shape index (κ1) is 10.5. The highest BCUT2D eigenvalue weighted by molar-refractivity contribution is 5.94. The van der Waals surface area contributed by atoms with Crippen molar-refractivity contribution in [1.82, 2.24) is 15.0 Å². The monoisotopic (exact) mass is 237 g/mol. The smallest absolute Gasteiger partial charge is 0.149 e. The zero-order valence-electron chi connectivity index (χ0n) is 9.54. The molecule has 0 atom stereocenters. The van der Waals surface area contributed by atoms with Gasteiger partial charge in [0.1, 0.15) is 11.6 Å². The van der Waals surface area contributed by atoms with Crippen LogP contribution in [0.25, 0.3) is 10.8 Å². The first-order valence-electron chi connectivity index (χ1n) is 5.50. The van der Waals surface area contributed by atoms with E-state index < -0.39 is 0 Å². The number of nitrogens with two attached hydrogens (primary N) is 1. The first-order valence-corrected chi connectivity index (χ1v) is 5.50. The van der Waals surface area contributed by atoms with Gasteiger partial charge < -0.3 is 11.1 Å². The van der Waals surface area contributed by atoms with Gasteiger partial charge in [-0.2, -0.15) is 0 Å². The highest BCUT2D eigenvalue weighted by Gasteiger charge is 2.01. The minimum atomic E-state index is 0.405. The van der Waals surface area contributed by atoms with E-state index in [0.717, 1.165) is 16.5 Å². The molecule has 0 radical (unpaired) electrons.